The third kappa shape index (κ3) is 8.22. The molecule has 0 atom stereocenters. The van der Waals surface area contributed by atoms with E-state index in [0.717, 1.165) is 23.1 Å². The summed E-state index contributed by atoms with van der Waals surface area (Å²) in [7, 11) is 0. The highest BCUT2D eigenvalue weighted by molar-refractivity contribution is 5.98. The van der Waals surface area contributed by atoms with Gasteiger partial charge in [0.2, 0.25) is 11.8 Å². The van der Waals surface area contributed by atoms with E-state index >= 15 is 0 Å². The number of aromatic hydroxyl groups is 2. The number of carbonyl (C=O) groups is 3. The number of likely N-dealkylation sites (tertiary alicyclic amines) is 1. The minimum absolute atomic E-state index is 0.00351. The molecule has 0 bridgehead atoms. The van der Waals surface area contributed by atoms with Crippen LogP contribution in [0.4, 0.5) is 18.9 Å². The van der Waals surface area contributed by atoms with Crippen molar-refractivity contribution in [3.8, 4) is 11.5 Å². The van der Waals surface area contributed by atoms with Crippen LogP contribution < -0.4 is 10.6 Å². The van der Waals surface area contributed by atoms with Crippen LogP contribution >= 0.6 is 0 Å². The molecule has 13 heteroatoms. The second-order valence-corrected chi connectivity index (χ2v) is 9.49. The number of carboxylic acids is 1. The Morgan fingerprint density at radius 1 is 1.10 bits per heavy atom. The van der Waals surface area contributed by atoms with Crippen LogP contribution in [-0.4, -0.2) is 69.5 Å². The molecule has 10 nitrogen and oxygen atoms in total. The van der Waals surface area contributed by atoms with Crippen LogP contribution in [0.1, 0.15) is 49.3 Å². The molecule has 0 aliphatic carbocycles. The summed E-state index contributed by atoms with van der Waals surface area (Å²) in [5, 5.41) is 29.2. The number of amidine groups is 1. The van der Waals surface area contributed by atoms with Crippen molar-refractivity contribution in [2.24, 2.45) is 10.7 Å². The number of phenols is 2. The van der Waals surface area contributed by atoms with Gasteiger partial charge in [0, 0.05) is 44.1 Å². The normalized spacial score (nSPS) is 14.8. The lowest BCUT2D eigenvalue weighted by molar-refractivity contribution is -0.139. The minimum Gasteiger partial charge on any atom is -0.507 e. The van der Waals surface area contributed by atoms with E-state index in [1.807, 2.05) is 0 Å². The van der Waals surface area contributed by atoms with E-state index in [2.05, 4.69) is 4.99 Å². The van der Waals surface area contributed by atoms with Gasteiger partial charge in [-0.25, -0.2) is 0 Å². The van der Waals surface area contributed by atoms with Crippen molar-refractivity contribution in [2.75, 3.05) is 24.5 Å². The summed E-state index contributed by atoms with van der Waals surface area (Å²) in [5.74, 6) is -3.24. The maximum Gasteiger partial charge on any atom is 0.421 e. The lowest BCUT2D eigenvalue weighted by Crippen LogP contribution is -2.38. The van der Waals surface area contributed by atoms with Gasteiger partial charge < -0.3 is 30.9 Å². The zero-order chi connectivity index (χ0) is 30.3. The number of piperidine rings is 1. The lowest BCUT2D eigenvalue weighted by Gasteiger charge is -2.29. The first kappa shape index (κ1) is 31.0. The molecule has 2 aromatic carbocycles. The van der Waals surface area contributed by atoms with Gasteiger partial charge in [0.05, 0.1) is 18.2 Å². The fraction of sp³-hybridized carbons (Fsp3) is 0.357. The quantitative estimate of drug-likeness (QED) is 0.262. The first-order chi connectivity index (χ1) is 19.3. The van der Waals surface area contributed by atoms with Crippen molar-refractivity contribution in [1.29, 1.82) is 0 Å². The number of amides is 2. The van der Waals surface area contributed by atoms with E-state index < -0.39 is 54.4 Å². The summed E-state index contributed by atoms with van der Waals surface area (Å²) >= 11 is 0. The first-order valence-corrected chi connectivity index (χ1v) is 12.8. The van der Waals surface area contributed by atoms with Gasteiger partial charge in [-0.1, -0.05) is 18.2 Å². The molecule has 1 saturated heterocycles. The van der Waals surface area contributed by atoms with Gasteiger partial charge in [-0.15, -0.1) is 0 Å². The Morgan fingerprint density at radius 3 is 2.39 bits per heavy atom. The number of carboxylic acid groups (broad SMARTS) is 1. The van der Waals surface area contributed by atoms with Crippen molar-refractivity contribution >= 4 is 35.4 Å². The number of nitrogens with two attached hydrogens (primary N) is 1. The van der Waals surface area contributed by atoms with Crippen LogP contribution in [0.15, 0.2) is 47.5 Å². The van der Waals surface area contributed by atoms with Crippen LogP contribution in [0.3, 0.4) is 0 Å². The van der Waals surface area contributed by atoms with Gasteiger partial charge in [0.25, 0.3) is 0 Å². The molecule has 3 rings (SSSR count). The Morgan fingerprint density at radius 2 is 1.78 bits per heavy atom. The van der Waals surface area contributed by atoms with Gasteiger partial charge in [-0.05, 0) is 43.2 Å². The number of alkyl halides is 3. The van der Waals surface area contributed by atoms with Gasteiger partial charge in [-0.3, -0.25) is 19.4 Å². The molecule has 1 aliphatic rings. The molecule has 0 radical (unpaired) electrons. The Kier molecular flexibility index (Phi) is 9.98. The number of nitrogens with zero attached hydrogens (tertiary/aromatic N) is 3. The summed E-state index contributed by atoms with van der Waals surface area (Å²) in [6.07, 6.45) is -2.18. The van der Waals surface area contributed by atoms with Gasteiger partial charge in [0.15, 0.2) is 0 Å². The zero-order valence-corrected chi connectivity index (χ0v) is 22.3. The van der Waals surface area contributed by atoms with Crippen molar-refractivity contribution < 1.29 is 42.9 Å². The fourth-order valence-electron chi connectivity index (χ4n) is 4.44. The summed E-state index contributed by atoms with van der Waals surface area (Å²) in [6, 6.07) is 7.36. The molecule has 0 saturated carbocycles. The highest BCUT2D eigenvalue weighted by atomic mass is 19.4. The minimum atomic E-state index is -5.00. The smallest absolute Gasteiger partial charge is 0.421 e. The molecule has 1 aliphatic heterocycles. The summed E-state index contributed by atoms with van der Waals surface area (Å²) in [5.41, 5.74) is 4.86. The van der Waals surface area contributed by atoms with Gasteiger partial charge in [0.1, 0.15) is 22.9 Å². The lowest BCUT2D eigenvalue weighted by atomic mass is 10.0. The Labute approximate surface area is 234 Å². The topological polar surface area (TPSA) is 157 Å². The van der Waals surface area contributed by atoms with E-state index in [1.165, 1.54) is 31.2 Å². The summed E-state index contributed by atoms with van der Waals surface area (Å²) in [6.45, 7) is 2.22. The predicted octanol–water partition coefficient (Wildman–Crippen LogP) is 3.74. The fourth-order valence-corrected chi connectivity index (χ4v) is 4.44. The predicted molar refractivity (Wildman–Crippen MR) is 145 cm³/mol. The molecule has 1 heterocycles. The molecule has 0 unspecified atom stereocenters. The van der Waals surface area contributed by atoms with Crippen LogP contribution in [0, 0.1) is 0 Å². The molecular weight excluding hydrogens is 545 g/mol. The molecule has 2 aromatic rings. The number of hydrogen-bond donors (Lipinski definition) is 4. The van der Waals surface area contributed by atoms with Crippen LogP contribution in [0.25, 0.3) is 6.08 Å². The van der Waals surface area contributed by atoms with E-state index in [-0.39, 0.29) is 29.1 Å². The van der Waals surface area contributed by atoms with E-state index in [1.54, 1.807) is 11.0 Å². The molecule has 0 spiro atoms. The second kappa shape index (κ2) is 13.2. The van der Waals surface area contributed by atoms with Crippen LogP contribution in [0.2, 0.25) is 0 Å². The maximum absolute atomic E-state index is 13.7. The molecule has 1 fully saturated rings. The molecule has 2 amide bonds. The maximum atomic E-state index is 13.7. The van der Waals surface area contributed by atoms with Crippen LogP contribution in [0.5, 0.6) is 11.5 Å². The molecule has 5 N–H and O–H groups in total. The Balaban J connectivity index is 1.85. The van der Waals surface area contributed by atoms with Gasteiger partial charge >= 0.3 is 12.1 Å². The van der Waals surface area contributed by atoms with Crippen molar-refractivity contribution in [2.45, 2.75) is 44.8 Å². The number of carbonyl (C=O) groups excluding carboxylic acids is 2. The molecular formula is C28H31F3N4O6. The van der Waals surface area contributed by atoms with Crippen LogP contribution in [-0.2, 0) is 20.6 Å². The summed E-state index contributed by atoms with van der Waals surface area (Å²) < 4.78 is 41.2. The number of rotatable bonds is 9. The zero-order valence-electron chi connectivity index (χ0n) is 22.3. The second-order valence-electron chi connectivity index (χ2n) is 9.49. The SMILES string of the molecule is CC(=O)N1CCC(N=C(N)c2ccc(O)c(/C=C/CN(C(=O)CCC(=O)O)c3cccc(O)c3C(F)(F)F)c2)CC1. The number of aliphatic carboxylic acids is 1. The molecule has 41 heavy (non-hydrogen) atoms. The third-order valence-corrected chi connectivity index (χ3v) is 6.59. The van der Waals surface area contributed by atoms with E-state index in [9.17, 15) is 37.8 Å². The Hall–Kier alpha value is -4.55. The first-order valence-electron chi connectivity index (χ1n) is 12.8. The number of hydrogen-bond acceptors (Lipinski definition) is 6. The molecule has 0 aromatic heterocycles. The standard InChI is InChI=1S/C28H31F3N4O6/c1-17(36)34-14-11-20(12-15-34)33-27(32)19-7-8-22(37)18(16-19)4-3-13-35(24(39)9-10-25(40)41)21-5-2-6-23(38)26(21)28(29,30)31/h2-8,16,20,37-38H,9-15H2,1H3,(H2,32,33)(H,40,41)/b4-3+. The van der Waals surface area contributed by atoms with Crippen molar-refractivity contribution in [1.82, 2.24) is 4.90 Å². The highest BCUT2D eigenvalue weighted by Gasteiger charge is 2.39. The number of aliphatic imine (C=N–C) groups is 1. The number of benzene rings is 2. The van der Waals surface area contributed by atoms with Crippen molar-refractivity contribution in [3.05, 3.63) is 59.2 Å². The molecule has 220 valence electrons. The van der Waals surface area contributed by atoms with E-state index in [4.69, 9.17) is 10.8 Å². The highest BCUT2D eigenvalue weighted by Crippen LogP contribution is 2.42. The largest absolute Gasteiger partial charge is 0.507 e. The average Bonchev–Trinajstić information content (AvgIpc) is 2.90. The third-order valence-electron chi connectivity index (χ3n) is 6.59. The van der Waals surface area contributed by atoms with Gasteiger partial charge in [-0.2, -0.15) is 13.2 Å². The number of halogens is 3. The average molecular weight is 577 g/mol. The number of phenolic OH excluding ortho intramolecular Hbond substituents is 2. The number of anilines is 1. The summed E-state index contributed by atoms with van der Waals surface area (Å²) in [4.78, 5) is 42.3. The van der Waals surface area contributed by atoms with E-state index in [0.29, 0.717) is 31.5 Å². The Bertz CT molecular complexity index is 1350. The monoisotopic (exact) mass is 576 g/mol. The van der Waals surface area contributed by atoms with Crippen molar-refractivity contribution in [3.63, 3.8) is 0 Å².